The average Bonchev–Trinajstić information content (AvgIpc) is 2.26. The van der Waals surface area contributed by atoms with Crippen LogP contribution >= 0.6 is 0 Å². The van der Waals surface area contributed by atoms with Gasteiger partial charge in [0.15, 0.2) is 0 Å². The molecule has 2 N–H and O–H groups in total. The number of benzene rings is 2. The SMILES string of the molecule is NCCOc1[c]ccc2ccccc12. The van der Waals surface area contributed by atoms with Crippen molar-refractivity contribution in [2.45, 2.75) is 0 Å². The highest BCUT2D eigenvalue weighted by molar-refractivity contribution is 5.87. The van der Waals surface area contributed by atoms with E-state index in [2.05, 4.69) is 12.1 Å². The lowest BCUT2D eigenvalue weighted by Crippen LogP contribution is -2.10. The molecule has 0 heterocycles. The van der Waals surface area contributed by atoms with E-state index >= 15 is 0 Å². The second-order valence-electron chi connectivity index (χ2n) is 3.03. The number of hydrogen-bond donors (Lipinski definition) is 1. The molecule has 0 aromatic heterocycles. The van der Waals surface area contributed by atoms with Crippen molar-refractivity contribution in [1.82, 2.24) is 0 Å². The quantitative estimate of drug-likeness (QED) is 0.795. The Morgan fingerprint density at radius 1 is 1.21 bits per heavy atom. The maximum Gasteiger partial charge on any atom is 0.135 e. The topological polar surface area (TPSA) is 35.2 Å². The van der Waals surface area contributed by atoms with Crippen molar-refractivity contribution >= 4 is 10.8 Å². The monoisotopic (exact) mass is 186 g/mol. The Kier molecular flexibility index (Phi) is 2.65. The van der Waals surface area contributed by atoms with Crippen LogP contribution in [-0.2, 0) is 0 Å². The normalized spacial score (nSPS) is 10.4. The first-order valence-electron chi connectivity index (χ1n) is 4.64. The summed E-state index contributed by atoms with van der Waals surface area (Å²) in [5.41, 5.74) is 5.38. The molecule has 2 heteroatoms. The summed E-state index contributed by atoms with van der Waals surface area (Å²) in [6.45, 7) is 1.06. The Morgan fingerprint density at radius 3 is 2.93 bits per heavy atom. The van der Waals surface area contributed by atoms with Gasteiger partial charge in [-0.2, -0.15) is 0 Å². The van der Waals surface area contributed by atoms with Crippen LogP contribution in [0.1, 0.15) is 0 Å². The van der Waals surface area contributed by atoms with Gasteiger partial charge in [-0.05, 0) is 11.5 Å². The van der Waals surface area contributed by atoms with Crippen LogP contribution in [0.15, 0.2) is 36.4 Å². The predicted molar refractivity (Wildman–Crippen MR) is 57.3 cm³/mol. The summed E-state index contributed by atoms with van der Waals surface area (Å²) in [4.78, 5) is 0. The van der Waals surface area contributed by atoms with Gasteiger partial charge in [-0.15, -0.1) is 0 Å². The molecule has 1 radical (unpaired) electrons. The molecule has 2 rings (SSSR count). The van der Waals surface area contributed by atoms with Crippen molar-refractivity contribution in [3.8, 4) is 5.75 Å². The lowest BCUT2D eigenvalue weighted by atomic mass is 10.1. The van der Waals surface area contributed by atoms with Crippen LogP contribution in [0.4, 0.5) is 0 Å². The first-order chi connectivity index (χ1) is 6.92. The molecule has 2 aromatic carbocycles. The van der Waals surface area contributed by atoms with Crippen molar-refractivity contribution in [1.29, 1.82) is 0 Å². The van der Waals surface area contributed by atoms with Gasteiger partial charge in [0.1, 0.15) is 12.4 Å². The van der Waals surface area contributed by atoms with Gasteiger partial charge in [0.25, 0.3) is 0 Å². The lowest BCUT2D eigenvalue weighted by Gasteiger charge is -2.07. The van der Waals surface area contributed by atoms with Crippen LogP contribution in [0.2, 0.25) is 0 Å². The maximum absolute atomic E-state index is 5.49. The molecule has 0 aliphatic carbocycles. The molecule has 14 heavy (non-hydrogen) atoms. The van der Waals surface area contributed by atoms with Crippen molar-refractivity contribution < 1.29 is 4.74 Å². The zero-order valence-corrected chi connectivity index (χ0v) is 7.86. The third kappa shape index (κ3) is 1.70. The molecule has 0 aliphatic heterocycles. The molecule has 0 saturated carbocycles. The number of rotatable bonds is 3. The second-order valence-corrected chi connectivity index (χ2v) is 3.03. The van der Waals surface area contributed by atoms with Gasteiger partial charge in [0.05, 0.1) is 0 Å². The summed E-state index contributed by atoms with van der Waals surface area (Å²) in [6, 6.07) is 15.0. The molecule has 2 aromatic rings. The fourth-order valence-corrected chi connectivity index (χ4v) is 1.41. The van der Waals surface area contributed by atoms with Gasteiger partial charge in [-0.25, -0.2) is 0 Å². The fourth-order valence-electron chi connectivity index (χ4n) is 1.41. The van der Waals surface area contributed by atoms with Gasteiger partial charge in [0.2, 0.25) is 0 Å². The average molecular weight is 186 g/mol. The summed E-state index contributed by atoms with van der Waals surface area (Å²) in [7, 11) is 0. The number of hydrogen-bond acceptors (Lipinski definition) is 2. The number of fused-ring (bicyclic) bond motifs is 1. The molecular weight excluding hydrogens is 174 g/mol. The summed E-state index contributed by atoms with van der Waals surface area (Å²) < 4.78 is 5.49. The maximum atomic E-state index is 5.49. The van der Waals surface area contributed by atoms with Gasteiger partial charge < -0.3 is 10.5 Å². The predicted octanol–water partition coefficient (Wildman–Crippen LogP) is 1.98. The van der Waals surface area contributed by atoms with E-state index < -0.39 is 0 Å². The van der Waals surface area contributed by atoms with E-state index in [-0.39, 0.29) is 0 Å². The Balaban J connectivity index is 2.43. The molecule has 0 aliphatic rings. The summed E-state index contributed by atoms with van der Waals surface area (Å²) in [6.07, 6.45) is 0. The van der Waals surface area contributed by atoms with Crippen molar-refractivity contribution in [3.05, 3.63) is 42.5 Å². The van der Waals surface area contributed by atoms with Gasteiger partial charge in [-0.1, -0.05) is 30.3 Å². The first kappa shape index (κ1) is 9.03. The van der Waals surface area contributed by atoms with Crippen LogP contribution in [0.3, 0.4) is 0 Å². The van der Waals surface area contributed by atoms with Crippen molar-refractivity contribution in [2.75, 3.05) is 13.2 Å². The summed E-state index contributed by atoms with van der Waals surface area (Å²) in [5, 5.41) is 2.25. The molecule has 0 atom stereocenters. The Bertz CT molecular complexity index is 420. The van der Waals surface area contributed by atoms with Gasteiger partial charge >= 0.3 is 0 Å². The van der Waals surface area contributed by atoms with Crippen LogP contribution in [0, 0.1) is 6.07 Å². The third-order valence-corrected chi connectivity index (χ3v) is 2.05. The third-order valence-electron chi connectivity index (χ3n) is 2.05. The van der Waals surface area contributed by atoms with E-state index in [1.165, 1.54) is 5.39 Å². The molecule has 0 unspecified atom stereocenters. The van der Waals surface area contributed by atoms with Crippen molar-refractivity contribution in [3.63, 3.8) is 0 Å². The van der Waals surface area contributed by atoms with E-state index in [0.717, 1.165) is 11.1 Å². The highest BCUT2D eigenvalue weighted by Gasteiger charge is 1.99. The Hall–Kier alpha value is -1.54. The first-order valence-corrected chi connectivity index (χ1v) is 4.64. The van der Waals surface area contributed by atoms with Gasteiger partial charge in [0, 0.05) is 18.0 Å². The van der Waals surface area contributed by atoms with E-state index in [1.54, 1.807) is 0 Å². The summed E-state index contributed by atoms with van der Waals surface area (Å²) >= 11 is 0. The molecule has 0 bridgehead atoms. The second kappa shape index (κ2) is 4.11. The molecule has 0 saturated heterocycles. The van der Waals surface area contributed by atoms with Gasteiger partial charge in [-0.3, -0.25) is 0 Å². The highest BCUT2D eigenvalue weighted by atomic mass is 16.5. The van der Waals surface area contributed by atoms with Crippen LogP contribution < -0.4 is 10.5 Å². The smallest absolute Gasteiger partial charge is 0.135 e. The molecule has 0 amide bonds. The van der Waals surface area contributed by atoms with E-state index in [1.807, 2.05) is 30.3 Å². The minimum Gasteiger partial charge on any atom is -0.491 e. The number of ether oxygens (including phenoxy) is 1. The van der Waals surface area contributed by atoms with E-state index in [4.69, 9.17) is 10.5 Å². The molecular formula is C12H12NO. The molecule has 0 fully saturated rings. The minimum absolute atomic E-state index is 0.525. The summed E-state index contributed by atoms with van der Waals surface area (Å²) in [5.74, 6) is 0.786. The van der Waals surface area contributed by atoms with Crippen LogP contribution in [0.25, 0.3) is 10.8 Å². The zero-order chi connectivity index (χ0) is 9.80. The minimum atomic E-state index is 0.525. The van der Waals surface area contributed by atoms with E-state index in [9.17, 15) is 0 Å². The Labute approximate surface area is 83.3 Å². The highest BCUT2D eigenvalue weighted by Crippen LogP contribution is 2.24. The zero-order valence-electron chi connectivity index (χ0n) is 7.86. The largest absolute Gasteiger partial charge is 0.491 e. The Morgan fingerprint density at radius 2 is 2.07 bits per heavy atom. The molecule has 71 valence electrons. The number of nitrogens with two attached hydrogens (primary N) is 1. The molecule has 0 spiro atoms. The fraction of sp³-hybridized carbons (Fsp3) is 0.167. The molecule has 2 nitrogen and oxygen atoms in total. The lowest BCUT2D eigenvalue weighted by molar-refractivity contribution is 0.331. The van der Waals surface area contributed by atoms with Crippen molar-refractivity contribution in [2.24, 2.45) is 5.73 Å². The van der Waals surface area contributed by atoms with E-state index in [0.29, 0.717) is 13.2 Å². The standard InChI is InChI=1S/C12H12NO/c13-8-9-14-12-7-3-5-10-4-1-2-6-11(10)12/h1-6H,8-9,13H2. The van der Waals surface area contributed by atoms with Crippen LogP contribution in [0.5, 0.6) is 5.75 Å². The van der Waals surface area contributed by atoms with Crippen LogP contribution in [-0.4, -0.2) is 13.2 Å².